The van der Waals surface area contributed by atoms with Crippen LogP contribution in [0, 0.1) is 5.82 Å². The molecule has 0 saturated carbocycles. The van der Waals surface area contributed by atoms with E-state index >= 15 is 0 Å². The number of carbonyl (C=O) groups excluding carboxylic acids is 1. The zero-order valence-electron chi connectivity index (χ0n) is 15.4. The van der Waals surface area contributed by atoms with Crippen molar-refractivity contribution in [2.24, 2.45) is 5.10 Å². The van der Waals surface area contributed by atoms with Crippen molar-refractivity contribution >= 4 is 29.6 Å². The number of likely N-dealkylation sites (N-methyl/N-ethyl adjacent to an activating group) is 1. The predicted molar refractivity (Wildman–Crippen MR) is 102 cm³/mol. The third-order valence-electron chi connectivity index (χ3n) is 4.69. The van der Waals surface area contributed by atoms with Crippen LogP contribution in [0.15, 0.2) is 40.2 Å². The molecule has 3 heterocycles. The second kappa shape index (κ2) is 7.75. The number of carbonyl (C=O) groups is 1. The first-order valence-corrected chi connectivity index (χ1v) is 9.11. The molecular weight excluding hydrogens is 367 g/mol. The lowest BCUT2D eigenvalue weighted by Crippen LogP contribution is -2.38. The number of benzene rings is 1. The van der Waals surface area contributed by atoms with Crippen LogP contribution in [0.3, 0.4) is 0 Å². The second-order valence-corrected chi connectivity index (χ2v) is 6.49. The van der Waals surface area contributed by atoms with Crippen LogP contribution in [0.4, 0.5) is 26.4 Å². The summed E-state index contributed by atoms with van der Waals surface area (Å²) < 4.78 is 24.8. The second-order valence-electron chi connectivity index (χ2n) is 6.49. The molecule has 2 aliphatic heterocycles. The van der Waals surface area contributed by atoms with Gasteiger partial charge in [0.1, 0.15) is 24.5 Å². The van der Waals surface area contributed by atoms with E-state index in [1.807, 2.05) is 11.9 Å². The number of halogens is 1. The first-order chi connectivity index (χ1) is 13.6. The lowest BCUT2D eigenvalue weighted by molar-refractivity contribution is 0.147. The summed E-state index contributed by atoms with van der Waals surface area (Å²) in [6, 6.07) is 6.40. The Kier molecular flexibility index (Phi) is 5.00. The standard InChI is InChI=1S/C18H21FN6O3/c1-2-24-7-6-23(12-21-24)16-4-3-13(9-15(16)19)25-11-14(28-18(25)26)10-20-17-5-8-27-22-17/h3-5,8-9,12,14H,2,6-7,10-11H2,1H3,(H,20,22). The van der Waals surface area contributed by atoms with Gasteiger partial charge in [0.2, 0.25) is 0 Å². The van der Waals surface area contributed by atoms with Crippen molar-refractivity contribution in [1.82, 2.24) is 10.2 Å². The Hall–Kier alpha value is -3.30. The minimum Gasteiger partial charge on any atom is -0.442 e. The minimum atomic E-state index is -0.503. The fraction of sp³-hybridized carbons (Fsp3) is 0.389. The van der Waals surface area contributed by atoms with Crippen molar-refractivity contribution in [3.05, 3.63) is 36.3 Å². The molecule has 1 N–H and O–H groups in total. The van der Waals surface area contributed by atoms with Crippen molar-refractivity contribution in [3.8, 4) is 0 Å². The van der Waals surface area contributed by atoms with E-state index in [1.165, 1.54) is 17.2 Å². The van der Waals surface area contributed by atoms with Gasteiger partial charge in [0, 0.05) is 19.2 Å². The molecular formula is C18H21FN6O3. The molecule has 1 saturated heterocycles. The Morgan fingerprint density at radius 2 is 2.21 bits per heavy atom. The molecule has 2 aromatic rings. The number of amides is 1. The van der Waals surface area contributed by atoms with E-state index in [-0.39, 0.29) is 6.10 Å². The molecule has 1 atom stereocenters. The highest BCUT2D eigenvalue weighted by Crippen LogP contribution is 2.28. The van der Waals surface area contributed by atoms with E-state index in [0.29, 0.717) is 36.8 Å². The summed E-state index contributed by atoms with van der Waals surface area (Å²) in [6.45, 7) is 4.91. The molecule has 1 aromatic heterocycles. The summed E-state index contributed by atoms with van der Waals surface area (Å²) in [5.41, 5.74) is 0.888. The molecule has 28 heavy (non-hydrogen) atoms. The van der Waals surface area contributed by atoms with Gasteiger partial charge in [0.05, 0.1) is 31.0 Å². The third-order valence-corrected chi connectivity index (χ3v) is 4.69. The Bertz CT molecular complexity index is 859. The minimum absolute atomic E-state index is 0.319. The van der Waals surface area contributed by atoms with Gasteiger partial charge in [-0.1, -0.05) is 5.16 Å². The molecule has 148 valence electrons. The Morgan fingerprint density at radius 1 is 1.32 bits per heavy atom. The van der Waals surface area contributed by atoms with Crippen LogP contribution in [0.2, 0.25) is 0 Å². The van der Waals surface area contributed by atoms with Gasteiger partial charge in [-0.2, -0.15) is 5.10 Å². The maximum Gasteiger partial charge on any atom is 0.414 e. The molecule has 0 radical (unpaired) electrons. The Labute approximate surface area is 161 Å². The van der Waals surface area contributed by atoms with Crippen LogP contribution >= 0.6 is 0 Å². The normalized spacial score (nSPS) is 19.3. The molecule has 9 nitrogen and oxygen atoms in total. The average Bonchev–Trinajstić information content (AvgIpc) is 3.36. The van der Waals surface area contributed by atoms with E-state index in [4.69, 9.17) is 9.26 Å². The van der Waals surface area contributed by atoms with Crippen LogP contribution in [0.25, 0.3) is 0 Å². The molecule has 1 aromatic carbocycles. The van der Waals surface area contributed by atoms with Gasteiger partial charge in [0.15, 0.2) is 5.82 Å². The number of hydrazone groups is 1. The molecule has 4 rings (SSSR count). The lowest BCUT2D eigenvalue weighted by Gasteiger charge is -2.29. The zero-order chi connectivity index (χ0) is 19.5. The molecule has 0 spiro atoms. The predicted octanol–water partition coefficient (Wildman–Crippen LogP) is 2.34. The highest BCUT2D eigenvalue weighted by atomic mass is 19.1. The quantitative estimate of drug-likeness (QED) is 0.813. The SMILES string of the molecule is CCN1CCN(c2ccc(N3CC(CNc4ccon4)OC3=O)cc2F)C=N1. The van der Waals surface area contributed by atoms with E-state index in [1.54, 1.807) is 29.4 Å². The summed E-state index contributed by atoms with van der Waals surface area (Å²) in [5.74, 6) is 0.153. The van der Waals surface area contributed by atoms with E-state index in [2.05, 4.69) is 15.6 Å². The molecule has 1 fully saturated rings. The number of nitrogens with zero attached hydrogens (tertiary/aromatic N) is 5. The summed E-state index contributed by atoms with van der Waals surface area (Å²) >= 11 is 0. The van der Waals surface area contributed by atoms with Gasteiger partial charge in [0.25, 0.3) is 0 Å². The van der Waals surface area contributed by atoms with Gasteiger partial charge < -0.3 is 19.5 Å². The Morgan fingerprint density at radius 3 is 2.89 bits per heavy atom. The number of nitrogens with one attached hydrogen (secondary N) is 1. The van der Waals surface area contributed by atoms with Crippen molar-refractivity contribution < 1.29 is 18.4 Å². The van der Waals surface area contributed by atoms with Crippen molar-refractivity contribution in [3.63, 3.8) is 0 Å². The summed E-state index contributed by atoms with van der Waals surface area (Å²) in [4.78, 5) is 15.4. The molecule has 1 amide bonds. The maximum absolute atomic E-state index is 14.7. The van der Waals surface area contributed by atoms with Crippen LogP contribution in [-0.2, 0) is 4.74 Å². The van der Waals surface area contributed by atoms with Gasteiger partial charge in [-0.25, -0.2) is 9.18 Å². The van der Waals surface area contributed by atoms with Crippen LogP contribution in [-0.4, -0.2) is 61.4 Å². The molecule has 2 aliphatic rings. The number of hydrogen-bond acceptors (Lipinski definition) is 8. The lowest BCUT2D eigenvalue weighted by atomic mass is 10.2. The first kappa shape index (κ1) is 18.1. The number of aromatic nitrogens is 1. The molecule has 0 aliphatic carbocycles. The van der Waals surface area contributed by atoms with E-state index in [9.17, 15) is 9.18 Å². The number of hydrogen-bond donors (Lipinski definition) is 1. The Balaban J connectivity index is 1.41. The van der Waals surface area contributed by atoms with Crippen molar-refractivity contribution in [2.45, 2.75) is 13.0 Å². The average molecular weight is 388 g/mol. The summed E-state index contributed by atoms with van der Waals surface area (Å²) in [7, 11) is 0. The van der Waals surface area contributed by atoms with Gasteiger partial charge in [-0.05, 0) is 25.1 Å². The van der Waals surface area contributed by atoms with Gasteiger partial charge in [-0.15, -0.1) is 0 Å². The van der Waals surface area contributed by atoms with E-state index in [0.717, 1.165) is 13.1 Å². The topological polar surface area (TPSA) is 86.4 Å². The van der Waals surface area contributed by atoms with Crippen LogP contribution in [0.1, 0.15) is 6.92 Å². The highest BCUT2D eigenvalue weighted by Gasteiger charge is 2.33. The van der Waals surface area contributed by atoms with E-state index < -0.39 is 11.9 Å². The maximum atomic E-state index is 14.7. The summed E-state index contributed by atoms with van der Waals surface area (Å²) in [5, 5.41) is 13.0. The molecule has 10 heteroatoms. The van der Waals surface area contributed by atoms with Crippen molar-refractivity contribution in [2.75, 3.05) is 47.8 Å². The number of cyclic esters (lactones) is 1. The zero-order valence-corrected chi connectivity index (χ0v) is 15.4. The number of anilines is 3. The largest absolute Gasteiger partial charge is 0.442 e. The van der Waals surface area contributed by atoms with Gasteiger partial charge in [-0.3, -0.25) is 9.91 Å². The third kappa shape index (κ3) is 3.71. The van der Waals surface area contributed by atoms with Crippen molar-refractivity contribution in [1.29, 1.82) is 0 Å². The highest BCUT2D eigenvalue weighted by molar-refractivity contribution is 5.90. The van der Waals surface area contributed by atoms with Crippen LogP contribution < -0.4 is 15.1 Å². The summed E-state index contributed by atoms with van der Waals surface area (Å²) in [6.07, 6.45) is 2.20. The fourth-order valence-corrected chi connectivity index (χ4v) is 3.15. The first-order valence-electron chi connectivity index (χ1n) is 9.11. The van der Waals surface area contributed by atoms with Gasteiger partial charge >= 0.3 is 6.09 Å². The molecule has 1 unspecified atom stereocenters. The smallest absolute Gasteiger partial charge is 0.414 e. The molecule has 0 bridgehead atoms. The van der Waals surface area contributed by atoms with Crippen LogP contribution in [0.5, 0.6) is 0 Å². The number of ether oxygens (including phenoxy) is 1. The fourth-order valence-electron chi connectivity index (χ4n) is 3.15. The number of rotatable bonds is 6. The monoisotopic (exact) mass is 388 g/mol.